The Hall–Kier alpha value is -1.08. The quantitative estimate of drug-likeness (QED) is 0.615. The van der Waals surface area contributed by atoms with Gasteiger partial charge in [0.25, 0.3) is 0 Å². The summed E-state index contributed by atoms with van der Waals surface area (Å²) in [4.78, 5) is 1.13. The van der Waals surface area contributed by atoms with Gasteiger partial charge >= 0.3 is 0 Å². The van der Waals surface area contributed by atoms with Gasteiger partial charge < -0.3 is 9.47 Å². The predicted molar refractivity (Wildman–Crippen MR) is 85.3 cm³/mol. The monoisotopic (exact) mass is 356 g/mol. The van der Waals surface area contributed by atoms with Crippen LogP contribution in [0, 0.1) is 0 Å². The van der Waals surface area contributed by atoms with Crippen LogP contribution in [0.3, 0.4) is 0 Å². The Kier molecular flexibility index (Phi) is 5.42. The molecule has 108 valence electrons. The fraction of sp³-hybridized carbons (Fsp3) is 0.286. The van der Waals surface area contributed by atoms with Gasteiger partial charge in [-0.3, -0.25) is 11.3 Å². The summed E-state index contributed by atoms with van der Waals surface area (Å²) in [5.74, 6) is 7.41. The molecule has 1 heterocycles. The number of halogens is 1. The lowest BCUT2D eigenvalue weighted by atomic mass is 10.0. The molecule has 1 aromatic heterocycles. The van der Waals surface area contributed by atoms with Crippen molar-refractivity contribution in [3.05, 3.63) is 44.6 Å². The summed E-state index contributed by atoms with van der Waals surface area (Å²) >= 11 is 5.11. The Morgan fingerprint density at radius 3 is 2.70 bits per heavy atom. The highest BCUT2D eigenvalue weighted by Gasteiger charge is 2.16. The molecule has 3 N–H and O–H groups in total. The zero-order chi connectivity index (χ0) is 14.5. The van der Waals surface area contributed by atoms with Crippen LogP contribution < -0.4 is 20.7 Å². The van der Waals surface area contributed by atoms with Crippen molar-refractivity contribution >= 4 is 27.3 Å². The van der Waals surface area contributed by atoms with Gasteiger partial charge in [0, 0.05) is 14.7 Å². The first-order valence-corrected chi connectivity index (χ1v) is 7.76. The topological polar surface area (TPSA) is 56.5 Å². The maximum absolute atomic E-state index is 5.70. The third-order valence-electron chi connectivity index (χ3n) is 3.04. The van der Waals surface area contributed by atoms with E-state index in [2.05, 4.69) is 21.4 Å². The number of hydrogen-bond acceptors (Lipinski definition) is 5. The smallest absolute Gasteiger partial charge is 0.129 e. The Morgan fingerprint density at radius 1 is 1.30 bits per heavy atom. The van der Waals surface area contributed by atoms with Crippen LogP contribution in [0.2, 0.25) is 0 Å². The van der Waals surface area contributed by atoms with Gasteiger partial charge in [-0.2, -0.15) is 0 Å². The molecule has 1 atom stereocenters. The molecule has 6 heteroatoms. The predicted octanol–water partition coefficient (Wildman–Crippen LogP) is 3.27. The van der Waals surface area contributed by atoms with Crippen LogP contribution in [-0.4, -0.2) is 14.2 Å². The highest BCUT2D eigenvalue weighted by atomic mass is 79.9. The molecule has 0 amide bonds. The first-order chi connectivity index (χ1) is 9.67. The van der Waals surface area contributed by atoms with Crippen molar-refractivity contribution in [3.8, 4) is 11.5 Å². The molecule has 4 nitrogen and oxygen atoms in total. The molecule has 0 aliphatic heterocycles. The number of methoxy groups -OCH3 is 2. The average Bonchev–Trinajstić information content (AvgIpc) is 2.93. The second kappa shape index (κ2) is 7.08. The van der Waals surface area contributed by atoms with E-state index in [4.69, 9.17) is 15.3 Å². The van der Waals surface area contributed by atoms with Gasteiger partial charge in [-0.15, -0.1) is 11.3 Å². The van der Waals surface area contributed by atoms with E-state index in [1.165, 1.54) is 0 Å². The van der Waals surface area contributed by atoms with Crippen LogP contribution in [-0.2, 0) is 6.42 Å². The zero-order valence-corrected chi connectivity index (χ0v) is 13.8. The Bertz CT molecular complexity index is 574. The summed E-state index contributed by atoms with van der Waals surface area (Å²) in [6.07, 6.45) is 0.739. The summed E-state index contributed by atoms with van der Waals surface area (Å²) in [6.45, 7) is 0. The normalized spacial score (nSPS) is 12.2. The maximum atomic E-state index is 5.70. The molecule has 0 radical (unpaired) electrons. The van der Waals surface area contributed by atoms with Crippen LogP contribution in [0.1, 0.15) is 16.5 Å². The molecule has 0 saturated heterocycles. The van der Waals surface area contributed by atoms with Crippen molar-refractivity contribution < 1.29 is 9.47 Å². The molecule has 0 aliphatic rings. The van der Waals surface area contributed by atoms with Gasteiger partial charge in [0.1, 0.15) is 11.5 Å². The minimum absolute atomic E-state index is 0.0205. The molecule has 0 fully saturated rings. The Labute approximate surface area is 131 Å². The molecule has 1 unspecified atom stereocenters. The lowest BCUT2D eigenvalue weighted by Crippen LogP contribution is -2.29. The number of hydrazine groups is 1. The van der Waals surface area contributed by atoms with E-state index < -0.39 is 0 Å². The second-order valence-corrected chi connectivity index (χ2v) is 6.13. The SMILES string of the molecule is COc1csc(C(Cc2cc(Br)ccc2OC)NN)c1. The Balaban J connectivity index is 2.23. The summed E-state index contributed by atoms with van der Waals surface area (Å²) in [5.41, 5.74) is 3.95. The van der Waals surface area contributed by atoms with Gasteiger partial charge in [-0.05, 0) is 36.2 Å². The lowest BCUT2D eigenvalue weighted by Gasteiger charge is -2.16. The third-order valence-corrected chi connectivity index (χ3v) is 4.56. The van der Waals surface area contributed by atoms with Crippen LogP contribution in [0.15, 0.2) is 34.1 Å². The van der Waals surface area contributed by atoms with Crippen LogP contribution in [0.4, 0.5) is 0 Å². The van der Waals surface area contributed by atoms with Gasteiger partial charge in [-0.1, -0.05) is 15.9 Å². The first-order valence-electron chi connectivity index (χ1n) is 6.09. The zero-order valence-electron chi connectivity index (χ0n) is 11.4. The summed E-state index contributed by atoms with van der Waals surface area (Å²) in [7, 11) is 3.33. The van der Waals surface area contributed by atoms with E-state index in [1.807, 2.05) is 29.6 Å². The van der Waals surface area contributed by atoms with Crippen molar-refractivity contribution in [3.63, 3.8) is 0 Å². The van der Waals surface area contributed by atoms with Crippen molar-refractivity contribution in [1.29, 1.82) is 0 Å². The maximum Gasteiger partial charge on any atom is 0.129 e. The van der Waals surface area contributed by atoms with E-state index in [0.29, 0.717) is 0 Å². The molecule has 20 heavy (non-hydrogen) atoms. The lowest BCUT2D eigenvalue weighted by molar-refractivity contribution is 0.405. The molecule has 0 bridgehead atoms. The molecular weight excluding hydrogens is 340 g/mol. The fourth-order valence-electron chi connectivity index (χ4n) is 1.99. The van der Waals surface area contributed by atoms with Gasteiger partial charge in [0.15, 0.2) is 0 Å². The largest absolute Gasteiger partial charge is 0.496 e. The number of ether oxygens (including phenoxy) is 2. The van der Waals surface area contributed by atoms with E-state index in [0.717, 1.165) is 32.8 Å². The van der Waals surface area contributed by atoms with Gasteiger partial charge in [-0.25, -0.2) is 0 Å². The summed E-state index contributed by atoms with van der Waals surface area (Å²) < 4.78 is 11.6. The van der Waals surface area contributed by atoms with E-state index >= 15 is 0 Å². The second-order valence-electron chi connectivity index (χ2n) is 4.27. The molecule has 0 saturated carbocycles. The first kappa shape index (κ1) is 15.3. The van der Waals surface area contributed by atoms with E-state index in [9.17, 15) is 0 Å². The Morgan fingerprint density at radius 2 is 2.10 bits per heavy atom. The molecule has 1 aromatic carbocycles. The minimum atomic E-state index is 0.0205. The molecule has 2 aromatic rings. The van der Waals surface area contributed by atoms with Crippen LogP contribution >= 0.6 is 27.3 Å². The van der Waals surface area contributed by atoms with Crippen molar-refractivity contribution in [2.24, 2.45) is 5.84 Å². The van der Waals surface area contributed by atoms with Crippen molar-refractivity contribution in [2.75, 3.05) is 14.2 Å². The summed E-state index contributed by atoms with van der Waals surface area (Å²) in [6, 6.07) is 7.98. The number of benzene rings is 1. The molecule has 0 spiro atoms. The highest BCUT2D eigenvalue weighted by Crippen LogP contribution is 2.32. The minimum Gasteiger partial charge on any atom is -0.496 e. The fourth-order valence-corrected chi connectivity index (χ4v) is 3.32. The van der Waals surface area contributed by atoms with Crippen LogP contribution in [0.5, 0.6) is 11.5 Å². The highest BCUT2D eigenvalue weighted by molar-refractivity contribution is 9.10. The molecule has 2 rings (SSSR count). The van der Waals surface area contributed by atoms with Crippen LogP contribution in [0.25, 0.3) is 0 Å². The molecule has 0 aliphatic carbocycles. The standard InChI is InChI=1S/C14H17BrN2O2S/c1-18-11-7-14(20-8-11)12(17-16)6-9-5-10(15)3-4-13(9)19-2/h3-5,7-8,12,17H,6,16H2,1-2H3. The number of hydrogen-bond donors (Lipinski definition) is 2. The van der Waals surface area contributed by atoms with Crippen molar-refractivity contribution in [1.82, 2.24) is 5.43 Å². The van der Waals surface area contributed by atoms with Gasteiger partial charge in [0.2, 0.25) is 0 Å². The van der Waals surface area contributed by atoms with Gasteiger partial charge in [0.05, 0.1) is 20.3 Å². The average molecular weight is 357 g/mol. The third kappa shape index (κ3) is 3.52. The number of nitrogens with one attached hydrogen (secondary N) is 1. The molecular formula is C14H17BrN2O2S. The number of thiophene rings is 1. The van der Waals surface area contributed by atoms with E-state index in [-0.39, 0.29) is 6.04 Å². The number of nitrogens with two attached hydrogens (primary N) is 1. The van der Waals surface area contributed by atoms with Crippen molar-refractivity contribution in [2.45, 2.75) is 12.5 Å². The summed E-state index contributed by atoms with van der Waals surface area (Å²) in [5, 5.41) is 1.97. The number of rotatable bonds is 6. The van der Waals surface area contributed by atoms with E-state index in [1.54, 1.807) is 25.6 Å².